The van der Waals surface area contributed by atoms with Gasteiger partial charge in [-0.15, -0.1) is 0 Å². The lowest BCUT2D eigenvalue weighted by Crippen LogP contribution is -2.15. The average molecular weight is 322 g/mol. The van der Waals surface area contributed by atoms with Gasteiger partial charge in [-0.05, 0) is 34.5 Å². The van der Waals surface area contributed by atoms with E-state index in [1.165, 1.54) is 0 Å². The Morgan fingerprint density at radius 1 is 1.33 bits per heavy atom. The van der Waals surface area contributed by atoms with E-state index in [1.54, 1.807) is 12.1 Å². The number of fused-ring (bicyclic) bond motifs is 1. The van der Waals surface area contributed by atoms with E-state index < -0.39 is 18.6 Å². The van der Waals surface area contributed by atoms with Crippen molar-refractivity contribution in [2.24, 2.45) is 5.73 Å². The molecule has 2 nitrogen and oxygen atoms in total. The Kier molecular flexibility index (Phi) is 3.68. The molecule has 98 valence electrons. The summed E-state index contributed by atoms with van der Waals surface area (Å²) in [6.07, 6.45) is -5.28. The number of benzene rings is 1. The first-order valence-electron chi connectivity index (χ1n) is 5.37. The van der Waals surface area contributed by atoms with E-state index in [1.807, 2.05) is 12.1 Å². The van der Waals surface area contributed by atoms with Gasteiger partial charge in [-0.3, -0.25) is 0 Å². The fourth-order valence-corrected chi connectivity index (χ4v) is 2.15. The van der Waals surface area contributed by atoms with Gasteiger partial charge in [0.15, 0.2) is 0 Å². The molecule has 0 bridgehead atoms. The molecule has 1 aromatic carbocycles. The third kappa shape index (κ3) is 3.05. The van der Waals surface area contributed by atoms with Gasteiger partial charge >= 0.3 is 6.18 Å². The standard InChI is InChI=1S/C12H11BrF3NO/c13-8-3-1-2-7-6-10(18-11(7)8)9(17)4-5-12(14,15)16/h1-3,6,9H,4-5,17H2. The third-order valence-electron chi connectivity index (χ3n) is 2.62. The van der Waals surface area contributed by atoms with Gasteiger partial charge in [-0.1, -0.05) is 12.1 Å². The van der Waals surface area contributed by atoms with Gasteiger partial charge in [0.05, 0.1) is 10.5 Å². The molecule has 1 heterocycles. The molecule has 0 fully saturated rings. The van der Waals surface area contributed by atoms with Crippen LogP contribution in [0.4, 0.5) is 13.2 Å². The maximum absolute atomic E-state index is 12.1. The van der Waals surface area contributed by atoms with Gasteiger partial charge in [-0.2, -0.15) is 13.2 Å². The summed E-state index contributed by atoms with van der Waals surface area (Å²) in [5.74, 6) is 0.376. The minimum atomic E-state index is -4.19. The summed E-state index contributed by atoms with van der Waals surface area (Å²) in [6.45, 7) is 0. The first-order chi connectivity index (χ1) is 8.37. The van der Waals surface area contributed by atoms with E-state index in [0.717, 1.165) is 9.86 Å². The molecule has 0 radical (unpaired) electrons. The Morgan fingerprint density at radius 3 is 2.67 bits per heavy atom. The monoisotopic (exact) mass is 321 g/mol. The van der Waals surface area contributed by atoms with Crippen LogP contribution in [0.2, 0.25) is 0 Å². The molecule has 6 heteroatoms. The van der Waals surface area contributed by atoms with Crippen LogP contribution in [0, 0.1) is 0 Å². The minimum Gasteiger partial charge on any atom is -0.458 e. The Morgan fingerprint density at radius 2 is 2.06 bits per heavy atom. The Hall–Kier alpha value is -1.01. The van der Waals surface area contributed by atoms with Crippen LogP contribution in [0.25, 0.3) is 11.0 Å². The van der Waals surface area contributed by atoms with Gasteiger partial charge in [0.2, 0.25) is 0 Å². The number of alkyl halides is 3. The first kappa shape index (κ1) is 13.4. The van der Waals surface area contributed by atoms with Crippen LogP contribution in [0.3, 0.4) is 0 Å². The summed E-state index contributed by atoms with van der Waals surface area (Å²) in [5, 5.41) is 0.821. The highest BCUT2D eigenvalue weighted by Crippen LogP contribution is 2.32. The normalized spacial score (nSPS) is 14.1. The minimum absolute atomic E-state index is 0.180. The maximum Gasteiger partial charge on any atom is 0.389 e. The second kappa shape index (κ2) is 4.93. The Bertz CT molecular complexity index is 550. The second-order valence-corrected chi connectivity index (χ2v) is 4.92. The van der Waals surface area contributed by atoms with Gasteiger partial charge in [-0.25, -0.2) is 0 Å². The smallest absolute Gasteiger partial charge is 0.389 e. The zero-order valence-electron chi connectivity index (χ0n) is 9.30. The van der Waals surface area contributed by atoms with E-state index in [-0.39, 0.29) is 6.42 Å². The molecule has 0 spiro atoms. The topological polar surface area (TPSA) is 39.2 Å². The molecule has 18 heavy (non-hydrogen) atoms. The van der Waals surface area contributed by atoms with Crippen molar-refractivity contribution < 1.29 is 17.6 Å². The van der Waals surface area contributed by atoms with Gasteiger partial charge in [0, 0.05) is 11.8 Å². The number of furan rings is 1. The number of nitrogens with two attached hydrogens (primary N) is 1. The molecular formula is C12H11BrF3NO. The van der Waals surface area contributed by atoms with Crippen molar-refractivity contribution >= 4 is 26.9 Å². The van der Waals surface area contributed by atoms with Crippen molar-refractivity contribution in [2.45, 2.75) is 25.1 Å². The van der Waals surface area contributed by atoms with Gasteiger partial charge < -0.3 is 10.2 Å². The summed E-state index contributed by atoms with van der Waals surface area (Å²) in [6, 6.07) is 6.39. The van der Waals surface area contributed by atoms with Crippen LogP contribution in [0.1, 0.15) is 24.6 Å². The highest BCUT2D eigenvalue weighted by Gasteiger charge is 2.28. The van der Waals surface area contributed by atoms with E-state index in [2.05, 4.69) is 15.9 Å². The zero-order chi connectivity index (χ0) is 13.3. The number of para-hydroxylation sites is 1. The molecule has 2 N–H and O–H groups in total. The van der Waals surface area contributed by atoms with Gasteiger partial charge in [0.1, 0.15) is 11.3 Å². The highest BCUT2D eigenvalue weighted by molar-refractivity contribution is 9.10. The fourth-order valence-electron chi connectivity index (χ4n) is 1.69. The SMILES string of the molecule is NC(CCC(F)(F)F)c1cc2cccc(Br)c2o1. The van der Waals surface area contributed by atoms with Crippen molar-refractivity contribution in [1.29, 1.82) is 0 Å². The molecule has 0 saturated carbocycles. The number of rotatable bonds is 3. The molecule has 1 unspecified atom stereocenters. The van der Waals surface area contributed by atoms with Crippen LogP contribution in [0.5, 0.6) is 0 Å². The highest BCUT2D eigenvalue weighted by atomic mass is 79.9. The molecule has 1 aromatic heterocycles. The molecule has 0 aliphatic carbocycles. The summed E-state index contributed by atoms with van der Waals surface area (Å²) >= 11 is 3.32. The quantitative estimate of drug-likeness (QED) is 0.901. The van der Waals surface area contributed by atoms with Gasteiger partial charge in [0.25, 0.3) is 0 Å². The third-order valence-corrected chi connectivity index (χ3v) is 3.24. The van der Waals surface area contributed by atoms with Crippen LogP contribution in [-0.2, 0) is 0 Å². The van der Waals surface area contributed by atoms with E-state index in [0.29, 0.717) is 11.3 Å². The predicted molar refractivity (Wildman–Crippen MR) is 66.1 cm³/mol. The molecule has 2 aromatic rings. The number of halogens is 4. The number of hydrogen-bond acceptors (Lipinski definition) is 2. The van der Waals surface area contributed by atoms with Crippen LogP contribution >= 0.6 is 15.9 Å². The van der Waals surface area contributed by atoms with Crippen LogP contribution < -0.4 is 5.73 Å². The molecule has 0 amide bonds. The Labute approximate surface area is 110 Å². The molecule has 0 saturated heterocycles. The summed E-state index contributed by atoms with van der Waals surface area (Å²) < 4.78 is 42.6. The molecule has 2 rings (SSSR count). The lowest BCUT2D eigenvalue weighted by molar-refractivity contribution is -0.136. The summed E-state index contributed by atoms with van der Waals surface area (Å²) in [4.78, 5) is 0. The summed E-state index contributed by atoms with van der Waals surface area (Å²) in [7, 11) is 0. The van der Waals surface area contributed by atoms with Crippen molar-refractivity contribution in [1.82, 2.24) is 0 Å². The fraction of sp³-hybridized carbons (Fsp3) is 0.333. The zero-order valence-corrected chi connectivity index (χ0v) is 10.9. The van der Waals surface area contributed by atoms with Crippen molar-refractivity contribution in [2.75, 3.05) is 0 Å². The lowest BCUT2D eigenvalue weighted by Gasteiger charge is -2.10. The molecule has 0 aliphatic heterocycles. The largest absolute Gasteiger partial charge is 0.458 e. The molecule has 1 atom stereocenters. The van der Waals surface area contributed by atoms with E-state index >= 15 is 0 Å². The number of hydrogen-bond donors (Lipinski definition) is 1. The second-order valence-electron chi connectivity index (χ2n) is 4.07. The maximum atomic E-state index is 12.1. The summed E-state index contributed by atoms with van der Waals surface area (Å²) in [5.41, 5.74) is 6.31. The van der Waals surface area contributed by atoms with Crippen LogP contribution in [-0.4, -0.2) is 6.18 Å². The first-order valence-corrected chi connectivity index (χ1v) is 6.16. The molecular weight excluding hydrogens is 311 g/mol. The lowest BCUT2D eigenvalue weighted by atomic mass is 10.1. The van der Waals surface area contributed by atoms with E-state index in [4.69, 9.17) is 10.2 Å². The Balaban J connectivity index is 2.18. The average Bonchev–Trinajstić information content (AvgIpc) is 2.70. The predicted octanol–water partition coefficient (Wildman–Crippen LogP) is 4.54. The van der Waals surface area contributed by atoms with E-state index in [9.17, 15) is 13.2 Å². The van der Waals surface area contributed by atoms with Crippen molar-refractivity contribution in [3.05, 3.63) is 34.5 Å². The molecule has 0 aliphatic rings. The van der Waals surface area contributed by atoms with Crippen molar-refractivity contribution in [3.63, 3.8) is 0 Å². The van der Waals surface area contributed by atoms with Crippen molar-refractivity contribution in [3.8, 4) is 0 Å². The van der Waals surface area contributed by atoms with Crippen LogP contribution in [0.15, 0.2) is 33.2 Å².